The van der Waals surface area contributed by atoms with Crippen molar-refractivity contribution in [2.24, 2.45) is 0 Å². The predicted octanol–water partition coefficient (Wildman–Crippen LogP) is 4.67. The van der Waals surface area contributed by atoms with Gasteiger partial charge in [0.2, 0.25) is 0 Å². The highest BCUT2D eigenvalue weighted by Crippen LogP contribution is 2.21. The Morgan fingerprint density at radius 2 is 2.00 bits per heavy atom. The van der Waals surface area contributed by atoms with Crippen LogP contribution in [0.2, 0.25) is 10.0 Å². The first-order valence-corrected chi connectivity index (χ1v) is 6.10. The minimum absolute atomic E-state index is 0.740. The second-order valence-electron chi connectivity index (χ2n) is 3.10. The fraction of sp³-hybridized carbons (Fsp3) is 0.0909. The first-order valence-electron chi connectivity index (χ1n) is 4.46. The molecule has 15 heavy (non-hydrogen) atoms. The van der Waals surface area contributed by atoms with Crippen LogP contribution in [0.25, 0.3) is 0 Å². The summed E-state index contributed by atoms with van der Waals surface area (Å²) in [5.74, 6) is 0. The number of hydrogen-bond donors (Lipinski definition) is 1. The van der Waals surface area contributed by atoms with Crippen LogP contribution >= 0.6 is 34.5 Å². The number of benzene rings is 1. The summed E-state index contributed by atoms with van der Waals surface area (Å²) in [5, 5.41) is 6.74. The van der Waals surface area contributed by atoms with Gasteiger partial charge in [-0.05, 0) is 24.3 Å². The van der Waals surface area contributed by atoms with E-state index < -0.39 is 0 Å². The van der Waals surface area contributed by atoms with Crippen molar-refractivity contribution >= 4 is 40.2 Å². The van der Waals surface area contributed by atoms with E-state index in [1.165, 1.54) is 4.88 Å². The largest absolute Gasteiger partial charge is 0.380 e. The minimum Gasteiger partial charge on any atom is -0.380 e. The van der Waals surface area contributed by atoms with E-state index in [0.29, 0.717) is 0 Å². The number of rotatable bonds is 3. The normalized spacial score (nSPS) is 10.3. The second-order valence-corrected chi connectivity index (χ2v) is 4.96. The lowest BCUT2D eigenvalue weighted by atomic mass is 10.3. The van der Waals surface area contributed by atoms with E-state index in [4.69, 9.17) is 23.2 Å². The Bertz CT molecular complexity index is 453. The highest BCUT2D eigenvalue weighted by molar-refractivity contribution is 7.10. The molecule has 1 heterocycles. The van der Waals surface area contributed by atoms with E-state index in [1.807, 2.05) is 35.7 Å². The summed E-state index contributed by atoms with van der Waals surface area (Å²) >= 11 is 13.3. The molecule has 2 aromatic rings. The number of thiophene rings is 1. The first kappa shape index (κ1) is 10.8. The van der Waals surface area contributed by atoms with E-state index in [2.05, 4.69) is 5.32 Å². The maximum atomic E-state index is 5.87. The van der Waals surface area contributed by atoms with E-state index in [1.54, 1.807) is 11.3 Å². The molecule has 78 valence electrons. The monoisotopic (exact) mass is 257 g/mol. The average Bonchev–Trinajstić information content (AvgIpc) is 2.62. The molecule has 4 heteroatoms. The summed E-state index contributed by atoms with van der Waals surface area (Å²) in [6.07, 6.45) is 0. The lowest BCUT2D eigenvalue weighted by molar-refractivity contribution is 1.19. The number of halogens is 2. The van der Waals surface area contributed by atoms with Crippen LogP contribution in [0.1, 0.15) is 4.88 Å². The minimum atomic E-state index is 0.740. The molecule has 0 spiro atoms. The number of nitrogens with one attached hydrogen (secondary N) is 1. The van der Waals surface area contributed by atoms with Gasteiger partial charge in [0.05, 0.1) is 5.02 Å². The molecule has 0 fully saturated rings. The van der Waals surface area contributed by atoms with Crippen molar-refractivity contribution < 1.29 is 0 Å². The maximum Gasteiger partial charge on any atom is 0.0516 e. The van der Waals surface area contributed by atoms with Gasteiger partial charge in [0.25, 0.3) is 0 Å². The van der Waals surface area contributed by atoms with Crippen LogP contribution in [0.4, 0.5) is 5.69 Å². The lowest BCUT2D eigenvalue weighted by Gasteiger charge is -2.04. The van der Waals surface area contributed by atoms with E-state index in [-0.39, 0.29) is 0 Å². The third kappa shape index (κ3) is 3.13. The van der Waals surface area contributed by atoms with Gasteiger partial charge in [0.1, 0.15) is 0 Å². The van der Waals surface area contributed by atoms with Crippen molar-refractivity contribution in [1.82, 2.24) is 0 Å². The SMILES string of the molecule is Clc1cccc(NCc2cc(Cl)cs2)c1. The summed E-state index contributed by atoms with van der Waals surface area (Å²) in [6.45, 7) is 0.776. The molecule has 1 nitrogen and oxygen atoms in total. The molecule has 0 aliphatic heterocycles. The number of anilines is 1. The van der Waals surface area contributed by atoms with Crippen molar-refractivity contribution in [3.63, 3.8) is 0 Å². The molecule has 1 aromatic heterocycles. The molecule has 0 aliphatic carbocycles. The molecule has 0 saturated heterocycles. The molecule has 0 saturated carbocycles. The van der Waals surface area contributed by atoms with Gasteiger partial charge >= 0.3 is 0 Å². The lowest BCUT2D eigenvalue weighted by Crippen LogP contribution is -1.96. The fourth-order valence-electron chi connectivity index (χ4n) is 1.23. The van der Waals surface area contributed by atoms with Gasteiger partial charge in [-0.2, -0.15) is 0 Å². The van der Waals surface area contributed by atoms with Crippen LogP contribution in [-0.2, 0) is 6.54 Å². The van der Waals surface area contributed by atoms with Crippen LogP contribution in [0.5, 0.6) is 0 Å². The quantitative estimate of drug-likeness (QED) is 0.843. The summed E-state index contributed by atoms with van der Waals surface area (Å²) < 4.78 is 0. The highest BCUT2D eigenvalue weighted by Gasteiger charge is 1.98. The zero-order valence-corrected chi connectivity index (χ0v) is 10.2. The third-order valence-electron chi connectivity index (χ3n) is 1.91. The molecule has 1 N–H and O–H groups in total. The van der Waals surface area contributed by atoms with E-state index in [0.717, 1.165) is 22.3 Å². The molecular weight excluding hydrogens is 249 g/mol. The molecular formula is C11H9Cl2NS. The molecule has 2 rings (SSSR count). The van der Waals surface area contributed by atoms with E-state index >= 15 is 0 Å². The fourth-order valence-corrected chi connectivity index (χ4v) is 2.44. The zero-order valence-electron chi connectivity index (χ0n) is 7.84. The molecule has 0 amide bonds. The topological polar surface area (TPSA) is 12.0 Å². The van der Waals surface area contributed by atoms with Crippen molar-refractivity contribution in [1.29, 1.82) is 0 Å². The van der Waals surface area contributed by atoms with Crippen LogP contribution in [0, 0.1) is 0 Å². The molecule has 0 atom stereocenters. The van der Waals surface area contributed by atoms with Crippen molar-refractivity contribution in [2.75, 3.05) is 5.32 Å². The van der Waals surface area contributed by atoms with Crippen LogP contribution < -0.4 is 5.32 Å². The summed E-state index contributed by atoms with van der Waals surface area (Å²) in [6, 6.07) is 9.63. The summed E-state index contributed by atoms with van der Waals surface area (Å²) in [4.78, 5) is 1.21. The second kappa shape index (κ2) is 4.88. The standard InChI is InChI=1S/C11H9Cl2NS/c12-8-2-1-3-10(4-8)14-6-11-5-9(13)7-15-11/h1-5,7,14H,6H2. The van der Waals surface area contributed by atoms with Gasteiger partial charge in [0.15, 0.2) is 0 Å². The zero-order chi connectivity index (χ0) is 10.7. The van der Waals surface area contributed by atoms with Crippen molar-refractivity contribution in [2.45, 2.75) is 6.54 Å². The summed E-state index contributed by atoms with van der Waals surface area (Å²) in [7, 11) is 0. The Hall–Kier alpha value is -0.700. The third-order valence-corrected chi connectivity index (χ3v) is 3.43. The van der Waals surface area contributed by atoms with Gasteiger partial charge in [-0.15, -0.1) is 11.3 Å². The Morgan fingerprint density at radius 3 is 2.67 bits per heavy atom. The van der Waals surface area contributed by atoms with E-state index in [9.17, 15) is 0 Å². The van der Waals surface area contributed by atoms with Gasteiger partial charge < -0.3 is 5.32 Å². The predicted molar refractivity (Wildman–Crippen MR) is 68.1 cm³/mol. The molecule has 0 unspecified atom stereocenters. The van der Waals surface area contributed by atoms with Gasteiger partial charge in [-0.25, -0.2) is 0 Å². The maximum absolute atomic E-state index is 5.87. The Morgan fingerprint density at radius 1 is 1.13 bits per heavy atom. The average molecular weight is 258 g/mol. The van der Waals surface area contributed by atoms with Crippen LogP contribution in [-0.4, -0.2) is 0 Å². The molecule has 0 radical (unpaired) electrons. The molecule has 1 aromatic carbocycles. The van der Waals surface area contributed by atoms with Crippen LogP contribution in [0.3, 0.4) is 0 Å². The van der Waals surface area contributed by atoms with Gasteiger partial charge in [-0.1, -0.05) is 29.3 Å². The Labute approximate surface area is 103 Å². The summed E-state index contributed by atoms with van der Waals surface area (Å²) in [5.41, 5.74) is 1.02. The van der Waals surface area contributed by atoms with Gasteiger partial charge in [-0.3, -0.25) is 0 Å². The van der Waals surface area contributed by atoms with Crippen LogP contribution in [0.15, 0.2) is 35.7 Å². The number of hydrogen-bond acceptors (Lipinski definition) is 2. The molecule has 0 bridgehead atoms. The highest BCUT2D eigenvalue weighted by atomic mass is 35.5. The van der Waals surface area contributed by atoms with Crippen molar-refractivity contribution in [3.05, 3.63) is 50.6 Å². The van der Waals surface area contributed by atoms with Gasteiger partial charge in [0, 0.05) is 27.5 Å². The smallest absolute Gasteiger partial charge is 0.0516 e. The Balaban J connectivity index is 1.99. The Kier molecular flexibility index (Phi) is 3.52. The van der Waals surface area contributed by atoms with Crippen molar-refractivity contribution in [3.8, 4) is 0 Å². The first-order chi connectivity index (χ1) is 7.24. The molecule has 0 aliphatic rings.